The van der Waals surface area contributed by atoms with E-state index in [1.807, 2.05) is 6.07 Å². The smallest absolute Gasteiger partial charge is 0.120 e. The lowest BCUT2D eigenvalue weighted by Gasteiger charge is -1.97. The molecule has 1 aromatic rings. The van der Waals surface area contributed by atoms with Gasteiger partial charge in [-0.2, -0.15) is 0 Å². The van der Waals surface area contributed by atoms with Crippen molar-refractivity contribution in [2.45, 2.75) is 25.2 Å². The number of aldehydes is 1. The van der Waals surface area contributed by atoms with Crippen LogP contribution in [0, 0.1) is 5.92 Å². The van der Waals surface area contributed by atoms with Crippen molar-refractivity contribution in [3.63, 3.8) is 0 Å². The zero-order valence-electron chi connectivity index (χ0n) is 7.65. The summed E-state index contributed by atoms with van der Waals surface area (Å²) in [6.07, 6.45) is 4.11. The Morgan fingerprint density at radius 1 is 1.31 bits per heavy atom. The molecule has 0 aromatic heterocycles. The molecule has 0 heterocycles. The van der Waals surface area contributed by atoms with Crippen molar-refractivity contribution in [1.82, 2.24) is 0 Å². The Balaban J connectivity index is 1.89. The quantitative estimate of drug-likeness (QED) is 0.641. The van der Waals surface area contributed by atoms with Crippen LogP contribution in [-0.2, 0) is 4.79 Å². The molecule has 1 aromatic carbocycles. The summed E-state index contributed by atoms with van der Waals surface area (Å²) >= 11 is 0. The zero-order valence-corrected chi connectivity index (χ0v) is 7.65. The van der Waals surface area contributed by atoms with E-state index in [2.05, 4.69) is 24.3 Å². The van der Waals surface area contributed by atoms with E-state index < -0.39 is 0 Å². The summed E-state index contributed by atoms with van der Waals surface area (Å²) < 4.78 is 0. The van der Waals surface area contributed by atoms with E-state index in [1.54, 1.807) is 0 Å². The fourth-order valence-corrected chi connectivity index (χ4v) is 1.96. The molecule has 13 heavy (non-hydrogen) atoms. The zero-order chi connectivity index (χ0) is 9.10. The minimum atomic E-state index is 0.730. The summed E-state index contributed by atoms with van der Waals surface area (Å²) in [6, 6.07) is 10.6. The van der Waals surface area contributed by atoms with Crippen LogP contribution in [0.2, 0.25) is 0 Å². The van der Waals surface area contributed by atoms with Gasteiger partial charge in [-0.15, -0.1) is 0 Å². The summed E-state index contributed by atoms with van der Waals surface area (Å²) in [5.41, 5.74) is 1.44. The molecule has 1 fully saturated rings. The van der Waals surface area contributed by atoms with Crippen LogP contribution in [0.5, 0.6) is 0 Å². The van der Waals surface area contributed by atoms with E-state index in [9.17, 15) is 4.79 Å². The first kappa shape index (κ1) is 8.49. The second-order valence-electron chi connectivity index (χ2n) is 3.76. The maximum atomic E-state index is 10.2. The number of carbonyl (C=O) groups excluding carboxylic acids is 1. The van der Waals surface area contributed by atoms with E-state index in [0.717, 1.165) is 31.0 Å². The van der Waals surface area contributed by atoms with Crippen LogP contribution >= 0.6 is 0 Å². The number of benzene rings is 1. The minimum absolute atomic E-state index is 0.730. The van der Waals surface area contributed by atoms with Gasteiger partial charge < -0.3 is 4.79 Å². The van der Waals surface area contributed by atoms with Gasteiger partial charge in [0.25, 0.3) is 0 Å². The Morgan fingerprint density at radius 3 is 2.77 bits per heavy atom. The summed E-state index contributed by atoms with van der Waals surface area (Å²) in [5, 5.41) is 0. The van der Waals surface area contributed by atoms with Crippen LogP contribution in [0.25, 0.3) is 0 Å². The molecule has 1 heteroatoms. The molecule has 0 bridgehead atoms. The van der Waals surface area contributed by atoms with E-state index in [1.165, 1.54) is 12.0 Å². The van der Waals surface area contributed by atoms with Crippen molar-refractivity contribution >= 4 is 6.29 Å². The number of carbonyl (C=O) groups is 1. The number of hydrogen-bond acceptors (Lipinski definition) is 1. The van der Waals surface area contributed by atoms with Crippen LogP contribution < -0.4 is 0 Å². The number of rotatable bonds is 4. The molecule has 0 aliphatic heterocycles. The van der Waals surface area contributed by atoms with Crippen molar-refractivity contribution in [2.75, 3.05) is 0 Å². The molecule has 0 amide bonds. The second-order valence-corrected chi connectivity index (χ2v) is 3.76. The first-order valence-corrected chi connectivity index (χ1v) is 4.90. The summed E-state index contributed by atoms with van der Waals surface area (Å²) in [5.74, 6) is 1.51. The summed E-state index contributed by atoms with van der Waals surface area (Å²) in [6.45, 7) is 0. The first-order chi connectivity index (χ1) is 6.42. The Labute approximate surface area is 78.8 Å². The van der Waals surface area contributed by atoms with Crippen molar-refractivity contribution in [1.29, 1.82) is 0 Å². The van der Waals surface area contributed by atoms with Gasteiger partial charge >= 0.3 is 0 Å². The molecular formula is C12H14O. The predicted molar refractivity (Wildman–Crippen MR) is 52.6 cm³/mol. The molecular weight excluding hydrogens is 160 g/mol. The Hall–Kier alpha value is -1.11. The molecule has 0 saturated heterocycles. The third kappa shape index (κ3) is 1.97. The molecule has 1 aliphatic carbocycles. The van der Waals surface area contributed by atoms with Crippen LogP contribution in [0.15, 0.2) is 30.3 Å². The first-order valence-electron chi connectivity index (χ1n) is 4.90. The molecule has 1 aliphatic rings. The van der Waals surface area contributed by atoms with E-state index in [4.69, 9.17) is 0 Å². The highest BCUT2D eigenvalue weighted by atomic mass is 16.1. The molecule has 1 saturated carbocycles. The topological polar surface area (TPSA) is 17.1 Å². The maximum Gasteiger partial charge on any atom is 0.120 e. The summed E-state index contributed by atoms with van der Waals surface area (Å²) in [4.78, 5) is 10.2. The van der Waals surface area contributed by atoms with Gasteiger partial charge in [-0.3, -0.25) is 0 Å². The predicted octanol–water partition coefficient (Wildman–Crippen LogP) is 2.77. The van der Waals surface area contributed by atoms with E-state index >= 15 is 0 Å². The SMILES string of the molecule is O=CCC[C@@H]1C[C@H]1c1ccccc1. The van der Waals surface area contributed by atoms with Gasteiger partial charge in [-0.25, -0.2) is 0 Å². The lowest BCUT2D eigenvalue weighted by atomic mass is 10.1. The lowest BCUT2D eigenvalue weighted by Crippen LogP contribution is -1.84. The van der Waals surface area contributed by atoms with Gasteiger partial charge in [-0.05, 0) is 30.2 Å². The molecule has 68 valence electrons. The Morgan fingerprint density at radius 2 is 2.08 bits per heavy atom. The highest BCUT2D eigenvalue weighted by Gasteiger charge is 2.36. The average Bonchev–Trinajstić information content (AvgIpc) is 2.95. The molecule has 0 radical (unpaired) electrons. The largest absolute Gasteiger partial charge is 0.303 e. The summed E-state index contributed by atoms with van der Waals surface area (Å²) in [7, 11) is 0. The number of hydrogen-bond donors (Lipinski definition) is 0. The van der Waals surface area contributed by atoms with Gasteiger partial charge in [0.2, 0.25) is 0 Å². The van der Waals surface area contributed by atoms with Crippen LogP contribution in [0.4, 0.5) is 0 Å². The van der Waals surface area contributed by atoms with Gasteiger partial charge in [0, 0.05) is 6.42 Å². The minimum Gasteiger partial charge on any atom is -0.303 e. The van der Waals surface area contributed by atoms with Gasteiger partial charge in [0.15, 0.2) is 0 Å². The Kier molecular flexibility index (Phi) is 2.44. The van der Waals surface area contributed by atoms with E-state index in [-0.39, 0.29) is 0 Å². The second kappa shape index (κ2) is 3.73. The van der Waals surface area contributed by atoms with Crippen molar-refractivity contribution in [3.8, 4) is 0 Å². The Bertz CT molecular complexity index is 278. The maximum absolute atomic E-state index is 10.2. The van der Waals surface area contributed by atoms with Crippen molar-refractivity contribution in [3.05, 3.63) is 35.9 Å². The molecule has 0 unspecified atom stereocenters. The lowest BCUT2D eigenvalue weighted by molar-refractivity contribution is -0.108. The van der Waals surface area contributed by atoms with E-state index in [0.29, 0.717) is 0 Å². The van der Waals surface area contributed by atoms with Crippen LogP contribution in [-0.4, -0.2) is 6.29 Å². The molecule has 0 N–H and O–H groups in total. The molecule has 0 spiro atoms. The fraction of sp³-hybridized carbons (Fsp3) is 0.417. The third-order valence-electron chi connectivity index (χ3n) is 2.81. The van der Waals surface area contributed by atoms with Gasteiger partial charge in [0.05, 0.1) is 0 Å². The van der Waals surface area contributed by atoms with Crippen molar-refractivity contribution in [2.24, 2.45) is 5.92 Å². The molecule has 2 rings (SSSR count). The van der Waals surface area contributed by atoms with Crippen LogP contribution in [0.1, 0.15) is 30.7 Å². The average molecular weight is 174 g/mol. The third-order valence-corrected chi connectivity index (χ3v) is 2.81. The molecule has 1 nitrogen and oxygen atoms in total. The monoisotopic (exact) mass is 174 g/mol. The van der Waals surface area contributed by atoms with Gasteiger partial charge in [0.1, 0.15) is 6.29 Å². The van der Waals surface area contributed by atoms with Crippen LogP contribution in [0.3, 0.4) is 0 Å². The highest BCUT2D eigenvalue weighted by Crippen LogP contribution is 2.49. The highest BCUT2D eigenvalue weighted by molar-refractivity contribution is 5.49. The fourth-order valence-electron chi connectivity index (χ4n) is 1.96. The normalized spacial score (nSPS) is 25.5. The molecule has 2 atom stereocenters. The van der Waals surface area contributed by atoms with Crippen molar-refractivity contribution < 1.29 is 4.79 Å². The van der Waals surface area contributed by atoms with Gasteiger partial charge in [-0.1, -0.05) is 30.3 Å². The standard InChI is InChI=1S/C12H14O/c13-8-4-7-11-9-12(11)10-5-2-1-3-6-10/h1-3,5-6,8,11-12H,4,7,9H2/t11-,12+/m1/s1.